The number of piperidine rings is 1. The number of amides is 1. The van der Waals surface area contributed by atoms with Gasteiger partial charge in [-0.25, -0.2) is 0 Å². The second-order valence-electron chi connectivity index (χ2n) is 5.23. The van der Waals surface area contributed by atoms with E-state index in [4.69, 9.17) is 0 Å². The Kier molecular flexibility index (Phi) is 4.22. The van der Waals surface area contributed by atoms with Gasteiger partial charge < -0.3 is 10.2 Å². The van der Waals surface area contributed by atoms with Gasteiger partial charge in [-0.3, -0.25) is 4.79 Å². The summed E-state index contributed by atoms with van der Waals surface area (Å²) in [6.45, 7) is 5.11. The molecule has 1 heterocycles. The number of hydrogen-bond donors (Lipinski definition) is 1. The summed E-state index contributed by atoms with van der Waals surface area (Å²) in [6.07, 6.45) is 7.18. The van der Waals surface area contributed by atoms with Crippen molar-refractivity contribution >= 4 is 5.91 Å². The predicted molar refractivity (Wildman–Crippen MR) is 65.2 cm³/mol. The smallest absolute Gasteiger partial charge is 0.239 e. The van der Waals surface area contributed by atoms with Crippen LogP contribution in [0.2, 0.25) is 0 Å². The molecule has 2 rings (SSSR count). The van der Waals surface area contributed by atoms with E-state index in [0.29, 0.717) is 5.91 Å². The van der Waals surface area contributed by atoms with Crippen LogP contribution in [0.5, 0.6) is 0 Å². The monoisotopic (exact) mass is 224 g/mol. The number of hydrogen-bond acceptors (Lipinski definition) is 2. The first-order valence-electron chi connectivity index (χ1n) is 6.83. The van der Waals surface area contributed by atoms with E-state index < -0.39 is 0 Å². The molecule has 92 valence electrons. The Hall–Kier alpha value is -0.570. The summed E-state index contributed by atoms with van der Waals surface area (Å²) < 4.78 is 0. The molecule has 0 unspecified atom stereocenters. The number of nitrogens with one attached hydrogen (secondary N) is 1. The summed E-state index contributed by atoms with van der Waals surface area (Å²) in [4.78, 5) is 14.4. The summed E-state index contributed by atoms with van der Waals surface area (Å²) in [5.41, 5.74) is 0. The van der Waals surface area contributed by atoms with Crippen molar-refractivity contribution in [3.8, 4) is 0 Å². The molecule has 2 aliphatic rings. The van der Waals surface area contributed by atoms with Crippen LogP contribution in [0.25, 0.3) is 0 Å². The topological polar surface area (TPSA) is 32.3 Å². The van der Waals surface area contributed by atoms with E-state index >= 15 is 0 Å². The zero-order chi connectivity index (χ0) is 11.4. The molecule has 0 aromatic heterocycles. The molecule has 1 atom stereocenters. The average molecular weight is 224 g/mol. The molecule has 0 aromatic rings. The highest BCUT2D eigenvalue weighted by Gasteiger charge is 2.30. The molecular formula is C13H24N2O. The van der Waals surface area contributed by atoms with Crippen LogP contribution in [0.15, 0.2) is 0 Å². The second-order valence-corrected chi connectivity index (χ2v) is 5.23. The highest BCUT2D eigenvalue weighted by atomic mass is 16.2. The van der Waals surface area contributed by atoms with Crippen LogP contribution in [0, 0.1) is 5.92 Å². The van der Waals surface area contributed by atoms with Crippen molar-refractivity contribution in [1.82, 2.24) is 10.2 Å². The Morgan fingerprint density at radius 2 is 2.12 bits per heavy atom. The maximum atomic E-state index is 12.3. The third kappa shape index (κ3) is 3.21. The van der Waals surface area contributed by atoms with Crippen molar-refractivity contribution in [1.29, 1.82) is 0 Å². The first-order chi connectivity index (χ1) is 7.81. The highest BCUT2D eigenvalue weighted by molar-refractivity contribution is 5.82. The Bertz CT molecular complexity index is 232. The van der Waals surface area contributed by atoms with E-state index in [-0.39, 0.29) is 6.04 Å². The summed E-state index contributed by atoms with van der Waals surface area (Å²) in [5, 5.41) is 3.36. The molecule has 16 heavy (non-hydrogen) atoms. The molecule has 1 N–H and O–H groups in total. The van der Waals surface area contributed by atoms with Gasteiger partial charge in [-0.05, 0) is 44.6 Å². The largest absolute Gasteiger partial charge is 0.341 e. The number of nitrogens with zero attached hydrogens (tertiary/aromatic N) is 1. The minimum absolute atomic E-state index is 0.110. The fourth-order valence-corrected chi connectivity index (χ4v) is 2.46. The Morgan fingerprint density at radius 3 is 2.69 bits per heavy atom. The van der Waals surface area contributed by atoms with Crippen LogP contribution in [0.1, 0.15) is 45.4 Å². The average Bonchev–Trinajstić information content (AvgIpc) is 3.13. The molecule has 1 saturated carbocycles. The van der Waals surface area contributed by atoms with Gasteiger partial charge in [0.25, 0.3) is 0 Å². The summed E-state index contributed by atoms with van der Waals surface area (Å²) in [5.74, 6) is 1.16. The van der Waals surface area contributed by atoms with Gasteiger partial charge in [0, 0.05) is 13.1 Å². The van der Waals surface area contributed by atoms with Gasteiger partial charge in [-0.15, -0.1) is 0 Å². The molecular weight excluding hydrogens is 200 g/mol. The molecule has 1 aliphatic heterocycles. The zero-order valence-corrected chi connectivity index (χ0v) is 10.4. The number of carbonyl (C=O) groups excluding carboxylic acids is 1. The Balaban J connectivity index is 1.86. The van der Waals surface area contributed by atoms with E-state index in [2.05, 4.69) is 17.1 Å². The molecule has 3 nitrogen and oxygen atoms in total. The summed E-state index contributed by atoms with van der Waals surface area (Å²) >= 11 is 0. The van der Waals surface area contributed by atoms with Crippen molar-refractivity contribution < 1.29 is 4.79 Å². The van der Waals surface area contributed by atoms with Gasteiger partial charge in [-0.2, -0.15) is 0 Å². The Morgan fingerprint density at radius 1 is 1.31 bits per heavy atom. The van der Waals surface area contributed by atoms with E-state index in [1.165, 1.54) is 25.7 Å². The molecule has 1 aliphatic carbocycles. The number of carbonyl (C=O) groups is 1. The molecule has 0 spiro atoms. The van der Waals surface area contributed by atoms with Crippen LogP contribution in [0.3, 0.4) is 0 Å². The SMILES string of the molecule is CCCN(CC1CC1)C(=O)[C@@H]1CCCCN1. The molecule has 0 bridgehead atoms. The van der Waals surface area contributed by atoms with Gasteiger partial charge in [0.2, 0.25) is 5.91 Å². The van der Waals surface area contributed by atoms with Crippen molar-refractivity contribution in [2.24, 2.45) is 5.92 Å². The van der Waals surface area contributed by atoms with Crippen LogP contribution in [-0.2, 0) is 4.79 Å². The molecule has 1 saturated heterocycles. The van der Waals surface area contributed by atoms with Gasteiger partial charge in [0.1, 0.15) is 0 Å². The lowest BCUT2D eigenvalue weighted by Crippen LogP contribution is -2.49. The lowest BCUT2D eigenvalue weighted by Gasteiger charge is -2.30. The summed E-state index contributed by atoms with van der Waals surface area (Å²) in [6, 6.07) is 0.110. The first kappa shape index (κ1) is 11.9. The Labute approximate surface area is 98.6 Å². The second kappa shape index (κ2) is 5.67. The lowest BCUT2D eigenvalue weighted by atomic mass is 10.0. The maximum Gasteiger partial charge on any atom is 0.239 e. The van der Waals surface area contributed by atoms with Crippen LogP contribution in [-0.4, -0.2) is 36.5 Å². The highest BCUT2D eigenvalue weighted by Crippen LogP contribution is 2.30. The van der Waals surface area contributed by atoms with Crippen LogP contribution < -0.4 is 5.32 Å². The molecule has 1 amide bonds. The first-order valence-corrected chi connectivity index (χ1v) is 6.83. The van der Waals surface area contributed by atoms with E-state index in [0.717, 1.165) is 38.4 Å². The summed E-state index contributed by atoms with van der Waals surface area (Å²) in [7, 11) is 0. The van der Waals surface area contributed by atoms with Crippen molar-refractivity contribution in [3.63, 3.8) is 0 Å². The molecule has 0 radical (unpaired) electrons. The van der Waals surface area contributed by atoms with Crippen LogP contribution >= 0.6 is 0 Å². The van der Waals surface area contributed by atoms with Crippen molar-refractivity contribution in [2.45, 2.75) is 51.5 Å². The minimum Gasteiger partial charge on any atom is -0.341 e. The van der Waals surface area contributed by atoms with Gasteiger partial charge in [-0.1, -0.05) is 13.3 Å². The quantitative estimate of drug-likeness (QED) is 0.772. The normalized spacial score (nSPS) is 25.4. The molecule has 0 aromatic carbocycles. The maximum absolute atomic E-state index is 12.3. The van der Waals surface area contributed by atoms with E-state index in [9.17, 15) is 4.79 Å². The minimum atomic E-state index is 0.110. The van der Waals surface area contributed by atoms with Gasteiger partial charge in [0.15, 0.2) is 0 Å². The number of rotatable bonds is 5. The molecule has 2 fully saturated rings. The zero-order valence-electron chi connectivity index (χ0n) is 10.4. The third-order valence-electron chi connectivity index (χ3n) is 3.59. The van der Waals surface area contributed by atoms with Gasteiger partial charge in [0.05, 0.1) is 6.04 Å². The fraction of sp³-hybridized carbons (Fsp3) is 0.923. The predicted octanol–water partition coefficient (Wildman–Crippen LogP) is 1.78. The van der Waals surface area contributed by atoms with Gasteiger partial charge >= 0.3 is 0 Å². The lowest BCUT2D eigenvalue weighted by molar-refractivity contribution is -0.134. The molecule has 3 heteroatoms. The van der Waals surface area contributed by atoms with Crippen molar-refractivity contribution in [2.75, 3.05) is 19.6 Å². The van der Waals surface area contributed by atoms with E-state index in [1.54, 1.807) is 0 Å². The van der Waals surface area contributed by atoms with E-state index in [1.807, 2.05) is 0 Å². The standard InChI is InChI=1S/C13H24N2O/c1-2-9-15(10-11-6-7-11)13(16)12-5-3-4-8-14-12/h11-12,14H,2-10H2,1H3/t12-/m0/s1. The van der Waals surface area contributed by atoms with Crippen LogP contribution in [0.4, 0.5) is 0 Å². The van der Waals surface area contributed by atoms with Crippen molar-refractivity contribution in [3.05, 3.63) is 0 Å². The fourth-order valence-electron chi connectivity index (χ4n) is 2.46. The third-order valence-corrected chi connectivity index (χ3v) is 3.59.